The third-order valence-electron chi connectivity index (χ3n) is 5.62. The highest BCUT2D eigenvalue weighted by Crippen LogP contribution is 2.65. The molecule has 0 aromatic rings. The van der Waals surface area contributed by atoms with E-state index in [1.165, 1.54) is 10.4 Å². The van der Waals surface area contributed by atoms with E-state index in [9.17, 15) is 13.2 Å². The van der Waals surface area contributed by atoms with Crippen LogP contribution in [0.25, 0.3) is 0 Å². The molecule has 6 heteroatoms. The number of nitrogens with zero attached hydrogens (tertiary/aromatic N) is 1. The summed E-state index contributed by atoms with van der Waals surface area (Å²) in [6.07, 6.45) is 4.42. The summed E-state index contributed by atoms with van der Waals surface area (Å²) in [6.45, 7) is 4.39. The smallest absolute Gasteiger partial charge is 0.258 e. The molecule has 2 aliphatic carbocycles. The molecule has 0 N–H and O–H groups in total. The van der Waals surface area contributed by atoms with Gasteiger partial charge < -0.3 is 0 Å². The first-order valence-corrected chi connectivity index (χ1v) is 10.3. The van der Waals surface area contributed by atoms with E-state index in [0.717, 1.165) is 35.6 Å². The molecule has 4 nitrogen and oxygen atoms in total. The van der Waals surface area contributed by atoms with Crippen LogP contribution in [0.4, 0.5) is 0 Å². The van der Waals surface area contributed by atoms with Crippen molar-refractivity contribution in [3.8, 4) is 0 Å². The van der Waals surface area contributed by atoms with Crippen LogP contribution in [0, 0.1) is 23.2 Å². The second kappa shape index (κ2) is 4.59. The Kier molecular flexibility index (Phi) is 3.36. The van der Waals surface area contributed by atoms with E-state index in [-0.39, 0.29) is 23.1 Å². The van der Waals surface area contributed by atoms with E-state index in [2.05, 4.69) is 13.8 Å². The Morgan fingerprint density at radius 1 is 1.45 bits per heavy atom. The van der Waals surface area contributed by atoms with Crippen molar-refractivity contribution in [2.75, 3.05) is 5.75 Å². The van der Waals surface area contributed by atoms with Gasteiger partial charge in [0.05, 0.1) is 11.8 Å². The van der Waals surface area contributed by atoms with Gasteiger partial charge in [-0.15, -0.1) is 4.94 Å². The molecule has 2 unspecified atom stereocenters. The van der Waals surface area contributed by atoms with Gasteiger partial charge in [0.15, 0.2) is 0 Å². The molecule has 4 atom stereocenters. The minimum Gasteiger partial charge on any atom is -0.269 e. The minimum absolute atomic E-state index is 0.0796. The average molecular weight is 311 g/mol. The zero-order valence-electron chi connectivity index (χ0n) is 12.4. The lowest BCUT2D eigenvalue weighted by Gasteiger charge is -2.33. The van der Waals surface area contributed by atoms with Gasteiger partial charge in [0.25, 0.3) is 5.91 Å². The van der Waals surface area contributed by atoms with Crippen LogP contribution in [0.15, 0.2) is 11.0 Å². The third kappa shape index (κ3) is 1.78. The van der Waals surface area contributed by atoms with Crippen LogP contribution in [0.3, 0.4) is 0 Å². The van der Waals surface area contributed by atoms with Crippen molar-refractivity contribution in [1.29, 1.82) is 0 Å². The first kappa shape index (κ1) is 14.6. The molecule has 1 aliphatic heterocycles. The number of sulfonamides is 1. The third-order valence-corrected chi connectivity index (χ3v) is 7.89. The molecule has 1 heterocycles. The summed E-state index contributed by atoms with van der Waals surface area (Å²) in [7, 11) is -3.43. The number of fused-ring (bicyclic) bond motifs is 1. The normalized spacial score (nSPS) is 41.8. The molecule has 0 aromatic heterocycles. The van der Waals surface area contributed by atoms with Gasteiger partial charge >= 0.3 is 0 Å². The first-order valence-electron chi connectivity index (χ1n) is 7.52. The maximum absolute atomic E-state index is 12.5. The molecule has 1 amide bonds. The highest BCUT2D eigenvalue weighted by Gasteiger charge is 2.69. The van der Waals surface area contributed by atoms with Crippen molar-refractivity contribution < 1.29 is 13.2 Å². The fraction of sp³-hybridized carbons (Fsp3) is 0.786. The van der Waals surface area contributed by atoms with Crippen molar-refractivity contribution in [1.82, 2.24) is 4.31 Å². The number of carbonyl (C=O) groups is 1. The maximum Gasteiger partial charge on any atom is 0.258 e. The molecule has 20 heavy (non-hydrogen) atoms. The number of hydrogen-bond donors (Lipinski definition) is 0. The maximum atomic E-state index is 12.5. The summed E-state index contributed by atoms with van der Waals surface area (Å²) < 4.78 is 26.3. The Balaban J connectivity index is 2.04. The monoisotopic (exact) mass is 311 g/mol. The van der Waals surface area contributed by atoms with E-state index in [0.29, 0.717) is 17.8 Å². The molecule has 0 aromatic carbocycles. The van der Waals surface area contributed by atoms with Gasteiger partial charge in [0, 0.05) is 5.41 Å². The molecular weight excluding hydrogens is 289 g/mol. The van der Waals surface area contributed by atoms with Crippen molar-refractivity contribution >= 4 is 32.2 Å². The highest BCUT2D eigenvalue weighted by atomic mass is 32.2. The van der Waals surface area contributed by atoms with E-state index in [1.54, 1.807) is 4.94 Å². The van der Waals surface area contributed by atoms with Crippen LogP contribution in [0.5, 0.6) is 0 Å². The van der Waals surface area contributed by atoms with Crippen molar-refractivity contribution in [2.45, 2.75) is 39.2 Å². The van der Waals surface area contributed by atoms with Gasteiger partial charge in [-0.3, -0.25) is 4.79 Å². The summed E-state index contributed by atoms with van der Waals surface area (Å²) >= 11 is 0.770. The molecule has 3 fully saturated rings. The molecular formula is C14H22AlNO3S. The van der Waals surface area contributed by atoms with Gasteiger partial charge in [-0.05, 0) is 43.1 Å². The summed E-state index contributed by atoms with van der Waals surface area (Å²) in [5, 5.41) is 0. The average Bonchev–Trinajstić information content (AvgIpc) is 2.87. The topological polar surface area (TPSA) is 54.5 Å². The fourth-order valence-corrected chi connectivity index (χ4v) is 8.01. The highest BCUT2D eigenvalue weighted by molar-refractivity contribution is 7.90. The van der Waals surface area contributed by atoms with E-state index >= 15 is 0 Å². The predicted molar refractivity (Wildman–Crippen MR) is 80.2 cm³/mol. The second-order valence-electron chi connectivity index (χ2n) is 6.94. The number of carbonyl (C=O) groups excluding carboxylic acids is 1. The molecule has 0 radical (unpaired) electrons. The number of hydrogen-bond acceptors (Lipinski definition) is 3. The standard InChI is InChI=1S/C14H20NO3S.Al.2H/c1-4-12(16)15-11-7-10-5-6-14(11,8-19(15,17)18)13(10)9(2)3;;;/h1,4,9-11,13H,5-8H2,2-3H3;;;/t10?,11-,13?,14-;;;/m0.../s1. The van der Waals surface area contributed by atoms with Crippen LogP contribution < -0.4 is 0 Å². The van der Waals surface area contributed by atoms with Crippen LogP contribution in [0.2, 0.25) is 0 Å². The van der Waals surface area contributed by atoms with E-state index < -0.39 is 10.0 Å². The minimum atomic E-state index is -3.43. The molecule has 1 saturated heterocycles. The summed E-state index contributed by atoms with van der Waals surface area (Å²) in [6, 6.07) is -0.0796. The Morgan fingerprint density at radius 2 is 2.15 bits per heavy atom. The van der Waals surface area contributed by atoms with E-state index in [1.807, 2.05) is 0 Å². The molecule has 3 rings (SSSR count). The van der Waals surface area contributed by atoms with Gasteiger partial charge in [0.2, 0.25) is 26.3 Å². The lowest BCUT2D eigenvalue weighted by Crippen LogP contribution is -2.42. The zero-order chi connectivity index (χ0) is 14.7. The second-order valence-corrected chi connectivity index (χ2v) is 9.46. The zero-order valence-corrected chi connectivity index (χ0v) is 15.2. The van der Waals surface area contributed by atoms with E-state index in [4.69, 9.17) is 0 Å². The molecule has 110 valence electrons. The lowest BCUT2D eigenvalue weighted by molar-refractivity contribution is -0.123. The first-order chi connectivity index (χ1) is 9.33. The summed E-state index contributed by atoms with van der Waals surface area (Å²) in [5.74, 6) is 1.42. The largest absolute Gasteiger partial charge is 0.269 e. The number of rotatable bonds is 2. The molecule has 2 bridgehead atoms. The Labute approximate surface area is 129 Å². The quantitative estimate of drug-likeness (QED) is 0.558. The summed E-state index contributed by atoms with van der Waals surface area (Å²) in [5.41, 5.74) is -0.160. The molecule has 2 saturated carbocycles. The van der Waals surface area contributed by atoms with Crippen molar-refractivity contribution in [2.24, 2.45) is 23.2 Å². The Morgan fingerprint density at radius 3 is 2.75 bits per heavy atom. The van der Waals surface area contributed by atoms with Crippen LogP contribution >= 0.6 is 0 Å². The SMILES string of the molecule is CC(C)C1C2CC[C@@]13CS(=O)(=O)N(C(=O)/C=[CH]/[AlH2])[C@H]3C2. The summed E-state index contributed by atoms with van der Waals surface area (Å²) in [4.78, 5) is 14.0. The Hall–Kier alpha value is -0.308. The van der Waals surface area contributed by atoms with Crippen molar-refractivity contribution in [3.05, 3.63) is 11.0 Å². The van der Waals surface area contributed by atoms with Crippen LogP contribution in [-0.2, 0) is 14.8 Å². The molecule has 3 aliphatic rings. The fourth-order valence-electron chi connectivity index (χ4n) is 5.36. The number of amides is 1. The van der Waals surface area contributed by atoms with Gasteiger partial charge in [-0.1, -0.05) is 13.8 Å². The van der Waals surface area contributed by atoms with Crippen LogP contribution in [0.1, 0.15) is 33.1 Å². The van der Waals surface area contributed by atoms with Gasteiger partial charge in [-0.25, -0.2) is 12.7 Å². The molecule has 1 spiro atoms. The van der Waals surface area contributed by atoms with Crippen LogP contribution in [-0.4, -0.2) is 46.7 Å². The van der Waals surface area contributed by atoms with Gasteiger partial charge in [0.1, 0.15) is 0 Å². The predicted octanol–water partition coefficient (Wildman–Crippen LogP) is 0.746. The van der Waals surface area contributed by atoms with Crippen molar-refractivity contribution in [3.63, 3.8) is 0 Å². The lowest BCUT2D eigenvalue weighted by atomic mass is 9.73. The Bertz CT molecular complexity index is 571. The van der Waals surface area contributed by atoms with Gasteiger partial charge in [-0.2, -0.15) is 0 Å².